The van der Waals surface area contributed by atoms with Crippen LogP contribution >= 0.6 is 11.8 Å². The molecule has 4 aromatic rings. The van der Waals surface area contributed by atoms with Gasteiger partial charge in [-0.15, -0.1) is 11.8 Å². The number of anilines is 1. The molecule has 1 unspecified atom stereocenters. The van der Waals surface area contributed by atoms with E-state index in [1.165, 1.54) is 36.0 Å². The van der Waals surface area contributed by atoms with Crippen molar-refractivity contribution in [2.24, 2.45) is 0 Å². The number of nitrogens with zero attached hydrogens (tertiary/aromatic N) is 1. The second kappa shape index (κ2) is 16.8. The van der Waals surface area contributed by atoms with E-state index in [2.05, 4.69) is 10.6 Å². The molecular weight excluding hydrogens is 709 g/mol. The number of aliphatic hydroxyl groups is 2. The Morgan fingerprint density at radius 1 is 0.906 bits per heavy atom. The van der Waals surface area contributed by atoms with Crippen LogP contribution in [0.4, 0.5) is 10.1 Å². The minimum absolute atomic E-state index is 0.205. The van der Waals surface area contributed by atoms with Gasteiger partial charge in [0, 0.05) is 11.4 Å². The maximum absolute atomic E-state index is 13.8. The van der Waals surface area contributed by atoms with E-state index in [1.807, 2.05) is 0 Å². The van der Waals surface area contributed by atoms with Gasteiger partial charge in [0.2, 0.25) is 11.8 Å². The van der Waals surface area contributed by atoms with E-state index in [-0.39, 0.29) is 11.7 Å². The number of thioether (sulfide) groups is 1. The first-order valence-electron chi connectivity index (χ1n) is 16.6. The number of halogens is 1. The lowest BCUT2D eigenvalue weighted by Gasteiger charge is -2.47. The summed E-state index contributed by atoms with van der Waals surface area (Å²) in [6, 6.07) is 22.5. The average molecular weight is 746 g/mol. The third-order valence-corrected chi connectivity index (χ3v) is 9.95. The summed E-state index contributed by atoms with van der Waals surface area (Å²) in [6.45, 7) is -0.470. The molecule has 5 atom stereocenters. The molecule has 0 bridgehead atoms. The molecule has 13 nitrogen and oxygen atoms in total. The van der Waals surface area contributed by atoms with Crippen molar-refractivity contribution in [3.63, 3.8) is 0 Å². The molecule has 4 aromatic carbocycles. The SMILES string of the molecule is O=C(COc1ccc([C@@H]2[C@@H](SCC(O)c3ccc4c(c3)OCCO4)C(=O)N2c2ccc(F)cc2)cc1)N[C@@H](C(=O)N[C@@H](CO)C(=O)O)c1ccccc1. The summed E-state index contributed by atoms with van der Waals surface area (Å²) < 4.78 is 30.7. The third kappa shape index (κ3) is 8.71. The fourth-order valence-electron chi connectivity index (χ4n) is 5.90. The maximum Gasteiger partial charge on any atom is 0.328 e. The molecule has 0 aliphatic carbocycles. The summed E-state index contributed by atoms with van der Waals surface area (Å²) in [6.07, 6.45) is -0.896. The Labute approximate surface area is 307 Å². The zero-order valence-corrected chi connectivity index (χ0v) is 28.9. The Kier molecular flexibility index (Phi) is 11.8. The molecule has 15 heteroatoms. The molecule has 3 amide bonds. The van der Waals surface area contributed by atoms with E-state index in [9.17, 15) is 38.9 Å². The maximum atomic E-state index is 13.8. The van der Waals surface area contributed by atoms with E-state index in [4.69, 9.17) is 14.2 Å². The van der Waals surface area contributed by atoms with Gasteiger partial charge < -0.3 is 45.1 Å². The lowest BCUT2D eigenvalue weighted by Crippen LogP contribution is -2.57. The summed E-state index contributed by atoms with van der Waals surface area (Å²) in [4.78, 5) is 52.3. The van der Waals surface area contributed by atoms with Crippen LogP contribution in [0.2, 0.25) is 0 Å². The molecule has 5 N–H and O–H groups in total. The number of β-lactam (4-membered cyclic amide) rings is 1. The number of hydrogen-bond acceptors (Lipinski definition) is 10. The predicted molar refractivity (Wildman–Crippen MR) is 191 cm³/mol. The molecule has 2 heterocycles. The van der Waals surface area contributed by atoms with E-state index >= 15 is 0 Å². The lowest BCUT2D eigenvalue weighted by molar-refractivity contribution is -0.143. The van der Waals surface area contributed by atoms with Crippen molar-refractivity contribution >= 4 is 41.1 Å². The van der Waals surface area contributed by atoms with Crippen LogP contribution in [0.1, 0.15) is 34.9 Å². The molecule has 0 saturated carbocycles. The van der Waals surface area contributed by atoms with Crippen molar-refractivity contribution in [3.8, 4) is 17.2 Å². The number of ether oxygens (including phenoxy) is 3. The fourth-order valence-corrected chi connectivity index (χ4v) is 7.19. The van der Waals surface area contributed by atoms with Crippen LogP contribution in [0.25, 0.3) is 0 Å². The lowest BCUT2D eigenvalue weighted by atomic mass is 9.92. The molecule has 1 fully saturated rings. The van der Waals surface area contributed by atoms with Crippen LogP contribution in [-0.4, -0.2) is 82.5 Å². The van der Waals surface area contributed by atoms with Crippen LogP contribution in [-0.2, 0) is 19.2 Å². The summed E-state index contributed by atoms with van der Waals surface area (Å²) in [7, 11) is 0. The fraction of sp³-hybridized carbons (Fsp3) is 0.263. The first-order chi connectivity index (χ1) is 25.6. The van der Waals surface area contributed by atoms with E-state index in [0.717, 1.165) is 5.56 Å². The van der Waals surface area contributed by atoms with Crippen molar-refractivity contribution < 1.29 is 53.1 Å². The number of hydrogen-bond donors (Lipinski definition) is 5. The Morgan fingerprint density at radius 2 is 1.60 bits per heavy atom. The number of rotatable bonds is 15. The Balaban J connectivity index is 1.12. The number of aliphatic carboxylic acids is 1. The Bertz CT molecular complexity index is 1930. The van der Waals surface area contributed by atoms with Gasteiger partial charge in [-0.05, 0) is 65.2 Å². The van der Waals surface area contributed by atoms with Crippen LogP contribution in [0, 0.1) is 5.82 Å². The zero-order valence-electron chi connectivity index (χ0n) is 28.1. The Hall–Kier alpha value is -5.64. The highest BCUT2D eigenvalue weighted by atomic mass is 32.2. The van der Waals surface area contributed by atoms with Crippen LogP contribution in [0.3, 0.4) is 0 Å². The van der Waals surface area contributed by atoms with Crippen molar-refractivity contribution in [1.82, 2.24) is 10.6 Å². The number of carbonyl (C=O) groups excluding carboxylic acids is 3. The first-order valence-corrected chi connectivity index (χ1v) is 17.7. The van der Waals surface area contributed by atoms with E-state index in [1.54, 1.807) is 77.7 Å². The number of carbonyl (C=O) groups is 4. The van der Waals surface area contributed by atoms with E-state index < -0.39 is 66.3 Å². The molecule has 2 aliphatic rings. The molecule has 6 rings (SSSR count). The van der Waals surface area contributed by atoms with Crippen molar-refractivity contribution in [2.45, 2.75) is 29.5 Å². The van der Waals surface area contributed by atoms with Gasteiger partial charge >= 0.3 is 5.97 Å². The number of amides is 3. The molecule has 276 valence electrons. The molecule has 0 radical (unpaired) electrons. The summed E-state index contributed by atoms with van der Waals surface area (Å²) in [5.74, 6) is -1.91. The zero-order chi connectivity index (χ0) is 37.5. The van der Waals surface area contributed by atoms with Gasteiger partial charge in [0.1, 0.15) is 42.1 Å². The number of nitrogens with one attached hydrogen (secondary N) is 2. The highest BCUT2D eigenvalue weighted by molar-refractivity contribution is 8.00. The molecule has 0 aromatic heterocycles. The van der Waals surface area contributed by atoms with E-state index in [0.29, 0.717) is 47.3 Å². The summed E-state index contributed by atoms with van der Waals surface area (Å²) >= 11 is 1.30. The number of benzene rings is 4. The smallest absolute Gasteiger partial charge is 0.328 e. The van der Waals surface area contributed by atoms with Crippen LogP contribution in [0.5, 0.6) is 17.2 Å². The second-order valence-corrected chi connectivity index (χ2v) is 13.3. The monoisotopic (exact) mass is 745 g/mol. The predicted octanol–water partition coefficient (Wildman–Crippen LogP) is 3.32. The van der Waals surface area contributed by atoms with Crippen molar-refractivity contribution in [1.29, 1.82) is 0 Å². The van der Waals surface area contributed by atoms with Crippen LogP contribution < -0.4 is 29.7 Å². The highest BCUT2D eigenvalue weighted by Gasteiger charge is 2.49. The van der Waals surface area contributed by atoms with Gasteiger partial charge in [-0.3, -0.25) is 14.4 Å². The topological polar surface area (TPSA) is 184 Å². The average Bonchev–Trinajstić information content (AvgIpc) is 3.18. The van der Waals surface area contributed by atoms with Gasteiger partial charge in [0.25, 0.3) is 5.91 Å². The van der Waals surface area contributed by atoms with Crippen molar-refractivity contribution in [2.75, 3.05) is 37.1 Å². The largest absolute Gasteiger partial charge is 0.486 e. The molecule has 0 spiro atoms. The molecular formula is C38H36FN3O10S. The van der Waals surface area contributed by atoms with Crippen LogP contribution in [0.15, 0.2) is 97.1 Å². The molecule has 2 aliphatic heterocycles. The highest BCUT2D eigenvalue weighted by Crippen LogP contribution is 2.46. The number of fused-ring (bicyclic) bond motifs is 1. The minimum atomic E-state index is -1.56. The second-order valence-electron chi connectivity index (χ2n) is 12.2. The molecule has 1 saturated heterocycles. The van der Waals surface area contributed by atoms with Gasteiger partial charge in [-0.25, -0.2) is 9.18 Å². The van der Waals surface area contributed by atoms with Crippen molar-refractivity contribution in [3.05, 3.63) is 120 Å². The first kappa shape index (κ1) is 37.1. The molecule has 53 heavy (non-hydrogen) atoms. The summed E-state index contributed by atoms with van der Waals surface area (Å²) in [5, 5.41) is 33.8. The number of carboxylic acids is 1. The minimum Gasteiger partial charge on any atom is -0.486 e. The standard InChI is InChI=1S/C38H36FN3O10S/c39-25-9-11-26(12-10-25)42-34(35(37(42)47)53-21-29(44)24-8-15-30-31(18-24)51-17-16-50-30)23-6-13-27(14-7-23)52-20-32(45)41-33(22-4-2-1-3-5-22)36(46)40-28(19-43)38(48)49/h1-15,18,28-29,33-35,43-44H,16-17,19-21H2,(H,40,46)(H,41,45)(H,48,49)/t28-,29?,33+,34+,35+/m0/s1. The number of aliphatic hydroxyl groups excluding tert-OH is 2. The van der Waals surface area contributed by atoms with Gasteiger partial charge in [-0.2, -0.15) is 0 Å². The van der Waals surface area contributed by atoms with Gasteiger partial charge in [0.15, 0.2) is 18.1 Å². The van der Waals surface area contributed by atoms with Gasteiger partial charge in [-0.1, -0.05) is 48.5 Å². The Morgan fingerprint density at radius 3 is 2.28 bits per heavy atom. The quantitative estimate of drug-likeness (QED) is 0.113. The number of carboxylic acid groups (broad SMARTS) is 1. The van der Waals surface area contributed by atoms with Gasteiger partial charge in [0.05, 0.1) is 18.8 Å². The third-order valence-electron chi connectivity index (χ3n) is 8.62. The summed E-state index contributed by atoms with van der Waals surface area (Å²) in [5.41, 5.74) is 2.25. The normalized spacial score (nSPS) is 17.9.